The molecule has 1 N–H and O–H groups in total. The molecule has 9 heteroatoms. The molecule has 1 aliphatic carbocycles. The molecule has 3 aromatic carbocycles. The number of halogens is 1. The number of anilines is 1. The van der Waals surface area contributed by atoms with Gasteiger partial charge < -0.3 is 10.2 Å². The average molecular weight is 580 g/mol. The number of hydrogen-bond donors (Lipinski definition) is 1. The predicted molar refractivity (Wildman–Crippen MR) is 158 cm³/mol. The molecule has 1 unspecified atom stereocenters. The highest BCUT2D eigenvalue weighted by atomic mass is 32.2. The second kappa shape index (κ2) is 13.8. The van der Waals surface area contributed by atoms with Gasteiger partial charge in [0.15, 0.2) is 0 Å². The Labute approximate surface area is 242 Å². The van der Waals surface area contributed by atoms with Gasteiger partial charge in [-0.3, -0.25) is 13.9 Å². The van der Waals surface area contributed by atoms with Gasteiger partial charge in [-0.1, -0.05) is 68.7 Å². The summed E-state index contributed by atoms with van der Waals surface area (Å²) < 4.78 is 42.4. The van der Waals surface area contributed by atoms with Crippen molar-refractivity contribution in [1.29, 1.82) is 0 Å². The quantitative estimate of drug-likeness (QED) is 0.327. The number of nitrogens with zero attached hydrogens (tertiary/aromatic N) is 2. The molecule has 0 saturated heterocycles. The van der Waals surface area contributed by atoms with E-state index in [1.165, 1.54) is 29.2 Å². The number of amides is 2. The molecule has 4 rings (SSSR count). The van der Waals surface area contributed by atoms with E-state index in [4.69, 9.17) is 0 Å². The molecule has 0 bridgehead atoms. The van der Waals surface area contributed by atoms with Crippen LogP contribution in [0.1, 0.15) is 57.1 Å². The standard InChI is InChI=1S/C32H38FN3O4S/c1-3-25-16-20-29(21-17-25)36(41(39,40)30-12-8-5-9-13-30)23-31(37)35(22-26-14-18-27(33)19-15-26)24(2)32(38)34-28-10-6-4-7-11-28/h5,8-9,12-21,24,28H,3-4,6-7,10-11,22-23H2,1-2H3,(H,34,38). The first-order valence-corrected chi connectivity index (χ1v) is 15.6. The van der Waals surface area contributed by atoms with E-state index in [0.29, 0.717) is 11.3 Å². The van der Waals surface area contributed by atoms with E-state index in [0.717, 1.165) is 48.4 Å². The van der Waals surface area contributed by atoms with Crippen LogP contribution >= 0.6 is 0 Å². The average Bonchev–Trinajstić information content (AvgIpc) is 3.00. The third kappa shape index (κ3) is 7.73. The van der Waals surface area contributed by atoms with E-state index in [1.54, 1.807) is 49.4 Å². The van der Waals surface area contributed by atoms with Crippen LogP contribution in [0.4, 0.5) is 10.1 Å². The van der Waals surface area contributed by atoms with E-state index >= 15 is 0 Å². The Morgan fingerprint density at radius 3 is 2.12 bits per heavy atom. The van der Waals surface area contributed by atoms with E-state index in [1.807, 2.05) is 19.1 Å². The van der Waals surface area contributed by atoms with Crippen molar-refractivity contribution in [2.45, 2.75) is 75.9 Å². The van der Waals surface area contributed by atoms with Gasteiger partial charge in [0.1, 0.15) is 18.4 Å². The number of carbonyl (C=O) groups excluding carboxylic acids is 2. The smallest absolute Gasteiger partial charge is 0.264 e. The van der Waals surface area contributed by atoms with E-state index in [-0.39, 0.29) is 23.4 Å². The fourth-order valence-corrected chi connectivity index (χ4v) is 6.52. The fourth-order valence-electron chi connectivity index (χ4n) is 5.08. The summed E-state index contributed by atoms with van der Waals surface area (Å²) >= 11 is 0. The van der Waals surface area contributed by atoms with Gasteiger partial charge in [-0.25, -0.2) is 12.8 Å². The molecule has 2 amide bonds. The summed E-state index contributed by atoms with van der Waals surface area (Å²) in [4.78, 5) is 28.8. The van der Waals surface area contributed by atoms with Crippen molar-refractivity contribution >= 4 is 27.5 Å². The Hall–Kier alpha value is -3.72. The second-order valence-corrected chi connectivity index (χ2v) is 12.4. The monoisotopic (exact) mass is 579 g/mol. The number of hydrogen-bond acceptors (Lipinski definition) is 4. The topological polar surface area (TPSA) is 86.8 Å². The number of rotatable bonds is 11. The fraction of sp³-hybridized carbons (Fsp3) is 0.375. The molecule has 0 heterocycles. The third-order valence-electron chi connectivity index (χ3n) is 7.63. The van der Waals surface area contributed by atoms with Crippen molar-refractivity contribution < 1.29 is 22.4 Å². The van der Waals surface area contributed by atoms with Gasteiger partial charge in [0.25, 0.3) is 10.0 Å². The van der Waals surface area contributed by atoms with Crippen LogP contribution in [0.15, 0.2) is 83.8 Å². The molecule has 1 fully saturated rings. The van der Waals surface area contributed by atoms with Crippen molar-refractivity contribution in [3.63, 3.8) is 0 Å². The third-order valence-corrected chi connectivity index (χ3v) is 9.42. The van der Waals surface area contributed by atoms with Crippen molar-refractivity contribution in [2.24, 2.45) is 0 Å². The molecule has 0 aliphatic heterocycles. The van der Waals surface area contributed by atoms with Gasteiger partial charge in [-0.15, -0.1) is 0 Å². The van der Waals surface area contributed by atoms with Crippen LogP contribution in [-0.2, 0) is 32.6 Å². The Morgan fingerprint density at radius 1 is 0.902 bits per heavy atom. The Morgan fingerprint density at radius 2 is 1.51 bits per heavy atom. The first kappa shape index (κ1) is 30.2. The summed E-state index contributed by atoms with van der Waals surface area (Å²) in [6.45, 7) is 3.16. The highest BCUT2D eigenvalue weighted by Crippen LogP contribution is 2.25. The predicted octanol–water partition coefficient (Wildman–Crippen LogP) is 5.45. The van der Waals surface area contributed by atoms with Crippen LogP contribution in [-0.4, -0.2) is 43.8 Å². The molecular formula is C32H38FN3O4S. The maximum Gasteiger partial charge on any atom is 0.264 e. The molecule has 0 radical (unpaired) electrons. The minimum Gasteiger partial charge on any atom is -0.352 e. The lowest BCUT2D eigenvalue weighted by atomic mass is 9.95. The highest BCUT2D eigenvalue weighted by Gasteiger charge is 2.33. The van der Waals surface area contributed by atoms with Gasteiger partial charge in [0.05, 0.1) is 10.6 Å². The Bertz CT molecular complexity index is 1410. The number of nitrogens with one attached hydrogen (secondary N) is 1. The lowest BCUT2D eigenvalue weighted by Gasteiger charge is -2.33. The Kier molecular flexibility index (Phi) is 10.2. The molecular weight excluding hydrogens is 541 g/mol. The van der Waals surface area contributed by atoms with E-state index in [2.05, 4.69) is 5.32 Å². The maximum absolute atomic E-state index is 14.0. The summed E-state index contributed by atoms with van der Waals surface area (Å²) in [6, 6.07) is 19.9. The number of carbonyl (C=O) groups is 2. The van der Waals surface area contributed by atoms with Crippen LogP contribution in [0.2, 0.25) is 0 Å². The zero-order chi connectivity index (χ0) is 29.4. The lowest BCUT2D eigenvalue weighted by Crippen LogP contribution is -2.53. The molecule has 0 spiro atoms. The Balaban J connectivity index is 1.66. The molecule has 218 valence electrons. The van der Waals surface area contributed by atoms with Gasteiger partial charge in [-0.2, -0.15) is 0 Å². The summed E-state index contributed by atoms with van der Waals surface area (Å²) in [5.41, 5.74) is 2.00. The highest BCUT2D eigenvalue weighted by molar-refractivity contribution is 7.92. The molecule has 7 nitrogen and oxygen atoms in total. The summed E-state index contributed by atoms with van der Waals surface area (Å²) in [6.07, 6.45) is 5.79. The largest absolute Gasteiger partial charge is 0.352 e. The minimum atomic E-state index is -4.11. The van der Waals surface area contributed by atoms with Crippen molar-refractivity contribution in [1.82, 2.24) is 10.2 Å². The van der Waals surface area contributed by atoms with Crippen LogP contribution in [0.5, 0.6) is 0 Å². The number of sulfonamides is 1. The molecule has 1 saturated carbocycles. The summed E-state index contributed by atoms with van der Waals surface area (Å²) in [5, 5.41) is 3.08. The van der Waals surface area contributed by atoms with Gasteiger partial charge in [-0.05, 0) is 73.7 Å². The zero-order valence-corrected chi connectivity index (χ0v) is 24.4. The van der Waals surface area contributed by atoms with Crippen molar-refractivity contribution in [3.8, 4) is 0 Å². The minimum absolute atomic E-state index is 0.0202. The first-order valence-electron chi connectivity index (χ1n) is 14.2. The maximum atomic E-state index is 14.0. The summed E-state index contributed by atoms with van der Waals surface area (Å²) in [5.74, 6) is -1.25. The number of aryl methyl sites for hydroxylation is 1. The lowest BCUT2D eigenvalue weighted by molar-refractivity contribution is -0.139. The van der Waals surface area contributed by atoms with Crippen LogP contribution in [0.25, 0.3) is 0 Å². The van der Waals surface area contributed by atoms with Gasteiger partial charge in [0.2, 0.25) is 11.8 Å². The normalized spacial score (nSPS) is 14.7. The second-order valence-electron chi connectivity index (χ2n) is 10.5. The first-order chi connectivity index (χ1) is 19.7. The van der Waals surface area contributed by atoms with Crippen molar-refractivity contribution in [2.75, 3.05) is 10.8 Å². The van der Waals surface area contributed by atoms with Crippen LogP contribution in [0.3, 0.4) is 0 Å². The summed E-state index contributed by atoms with van der Waals surface area (Å²) in [7, 11) is -4.11. The van der Waals surface area contributed by atoms with Crippen molar-refractivity contribution in [3.05, 3.63) is 95.8 Å². The van der Waals surface area contributed by atoms with Gasteiger partial charge >= 0.3 is 0 Å². The van der Waals surface area contributed by atoms with Crippen LogP contribution < -0.4 is 9.62 Å². The molecule has 41 heavy (non-hydrogen) atoms. The zero-order valence-electron chi connectivity index (χ0n) is 23.6. The molecule has 0 aromatic heterocycles. The van der Waals surface area contributed by atoms with E-state index in [9.17, 15) is 22.4 Å². The molecule has 1 aliphatic rings. The molecule has 3 aromatic rings. The number of benzene rings is 3. The van der Waals surface area contributed by atoms with E-state index < -0.39 is 34.3 Å². The molecule has 1 atom stereocenters. The van der Waals surface area contributed by atoms with Crippen LogP contribution in [0, 0.1) is 5.82 Å². The van der Waals surface area contributed by atoms with Gasteiger partial charge in [0, 0.05) is 12.6 Å². The SMILES string of the molecule is CCc1ccc(N(CC(=O)N(Cc2ccc(F)cc2)C(C)C(=O)NC2CCCCC2)S(=O)(=O)c2ccccc2)cc1.